The molecular weight excluding hydrogens is 262 g/mol. The number of nitrogens with zero attached hydrogens (tertiary/aromatic N) is 3. The minimum Gasteiger partial charge on any atom is -0.481 e. The van der Waals surface area contributed by atoms with Gasteiger partial charge in [-0.25, -0.2) is 9.97 Å². The lowest BCUT2D eigenvalue weighted by Crippen LogP contribution is -2.22. The van der Waals surface area contributed by atoms with Gasteiger partial charge in [0.05, 0.1) is 11.8 Å². The number of anilines is 1. The molecule has 0 aliphatic heterocycles. The molecule has 0 spiro atoms. The first-order valence-corrected chi connectivity index (χ1v) is 7.16. The van der Waals surface area contributed by atoms with E-state index in [0.29, 0.717) is 6.54 Å². The van der Waals surface area contributed by atoms with Gasteiger partial charge in [0, 0.05) is 18.5 Å². The topological polar surface area (TPSA) is 66.3 Å². The smallest absolute Gasteiger partial charge is 0.305 e. The first kappa shape index (κ1) is 12.3. The molecule has 6 heteroatoms. The predicted molar refractivity (Wildman–Crippen MR) is 75.0 cm³/mol. The van der Waals surface area contributed by atoms with Crippen LogP contribution >= 0.6 is 11.3 Å². The number of hydrogen-bond acceptors (Lipinski definition) is 5. The molecular formula is C13H15N3O2S. The van der Waals surface area contributed by atoms with Crippen LogP contribution in [0, 0.1) is 0 Å². The maximum atomic E-state index is 10.7. The molecule has 0 aromatic carbocycles. The fourth-order valence-electron chi connectivity index (χ4n) is 2.57. The normalized spacial score (nSPS) is 13.7. The predicted octanol–water partition coefficient (Wildman–Crippen LogP) is 2.09. The summed E-state index contributed by atoms with van der Waals surface area (Å²) in [5, 5.41) is 9.91. The Kier molecular flexibility index (Phi) is 3.10. The highest BCUT2D eigenvalue weighted by Gasteiger charge is 2.22. The number of carbonyl (C=O) groups is 1. The van der Waals surface area contributed by atoms with E-state index >= 15 is 0 Å². The average molecular weight is 277 g/mol. The van der Waals surface area contributed by atoms with E-state index in [1.54, 1.807) is 17.7 Å². The van der Waals surface area contributed by atoms with E-state index in [1.165, 1.54) is 16.9 Å². The summed E-state index contributed by atoms with van der Waals surface area (Å²) >= 11 is 1.75. The van der Waals surface area contributed by atoms with Crippen LogP contribution in [-0.4, -0.2) is 34.6 Å². The van der Waals surface area contributed by atoms with Crippen molar-refractivity contribution in [3.63, 3.8) is 0 Å². The maximum Gasteiger partial charge on any atom is 0.305 e. The molecule has 0 atom stereocenters. The third kappa shape index (κ3) is 2.16. The number of rotatable bonds is 4. The summed E-state index contributed by atoms with van der Waals surface area (Å²) in [5.41, 5.74) is 1.37. The van der Waals surface area contributed by atoms with Gasteiger partial charge in [0.15, 0.2) is 0 Å². The van der Waals surface area contributed by atoms with Gasteiger partial charge in [-0.05, 0) is 24.8 Å². The van der Waals surface area contributed by atoms with Crippen molar-refractivity contribution in [2.75, 3.05) is 18.5 Å². The molecule has 1 N–H and O–H groups in total. The van der Waals surface area contributed by atoms with Gasteiger partial charge in [-0.15, -0.1) is 11.3 Å². The van der Waals surface area contributed by atoms with Crippen molar-refractivity contribution >= 4 is 33.3 Å². The lowest BCUT2D eigenvalue weighted by atomic mass is 10.2. The Labute approximate surface area is 114 Å². The van der Waals surface area contributed by atoms with Gasteiger partial charge in [-0.1, -0.05) is 0 Å². The Morgan fingerprint density at radius 3 is 3.11 bits per heavy atom. The van der Waals surface area contributed by atoms with Crippen molar-refractivity contribution in [2.24, 2.45) is 0 Å². The monoisotopic (exact) mass is 277 g/mol. The molecule has 0 fully saturated rings. The van der Waals surface area contributed by atoms with Gasteiger partial charge >= 0.3 is 5.97 Å². The van der Waals surface area contributed by atoms with Gasteiger partial charge in [-0.2, -0.15) is 0 Å². The zero-order chi connectivity index (χ0) is 13.4. The molecule has 100 valence electrons. The quantitative estimate of drug-likeness (QED) is 0.927. The molecule has 2 heterocycles. The number of thiophene rings is 1. The van der Waals surface area contributed by atoms with Crippen molar-refractivity contribution in [2.45, 2.75) is 25.7 Å². The van der Waals surface area contributed by atoms with Gasteiger partial charge in [0.2, 0.25) is 0 Å². The minimum atomic E-state index is -0.785. The van der Waals surface area contributed by atoms with E-state index in [2.05, 4.69) is 9.97 Å². The van der Waals surface area contributed by atoms with Gasteiger partial charge < -0.3 is 10.0 Å². The molecule has 3 rings (SSSR count). The number of aromatic nitrogens is 2. The highest BCUT2D eigenvalue weighted by atomic mass is 32.1. The summed E-state index contributed by atoms with van der Waals surface area (Å²) < 4.78 is 0. The fraction of sp³-hybridized carbons (Fsp3) is 0.462. The highest BCUT2D eigenvalue weighted by molar-refractivity contribution is 7.19. The number of aliphatic carboxylic acids is 1. The third-order valence-corrected chi connectivity index (χ3v) is 4.70. The van der Waals surface area contributed by atoms with E-state index in [0.717, 1.165) is 28.9 Å². The number of carboxylic acids is 1. The average Bonchev–Trinajstić information content (AvgIpc) is 2.95. The van der Waals surface area contributed by atoms with Crippen LogP contribution in [0.25, 0.3) is 10.2 Å². The summed E-state index contributed by atoms with van der Waals surface area (Å²) in [5.74, 6) is 0.0818. The van der Waals surface area contributed by atoms with Gasteiger partial charge in [0.1, 0.15) is 17.0 Å². The van der Waals surface area contributed by atoms with E-state index in [9.17, 15) is 4.79 Å². The second-order valence-electron chi connectivity index (χ2n) is 4.80. The molecule has 0 saturated carbocycles. The molecule has 2 aromatic heterocycles. The van der Waals surface area contributed by atoms with Crippen LogP contribution in [0.3, 0.4) is 0 Å². The van der Waals surface area contributed by atoms with E-state index in [4.69, 9.17) is 5.11 Å². The first-order valence-electron chi connectivity index (χ1n) is 6.35. The molecule has 0 unspecified atom stereocenters. The molecule has 0 amide bonds. The minimum absolute atomic E-state index is 0.119. The van der Waals surface area contributed by atoms with E-state index in [1.807, 2.05) is 11.9 Å². The Morgan fingerprint density at radius 1 is 1.47 bits per heavy atom. The molecule has 2 aromatic rings. The van der Waals surface area contributed by atoms with Crippen molar-refractivity contribution in [1.29, 1.82) is 0 Å². The van der Waals surface area contributed by atoms with E-state index < -0.39 is 5.97 Å². The fourth-order valence-corrected chi connectivity index (χ4v) is 3.79. The summed E-state index contributed by atoms with van der Waals surface area (Å²) in [6.45, 7) is 0.464. The number of aryl methyl sites for hydroxylation is 2. The van der Waals surface area contributed by atoms with Gasteiger partial charge in [-0.3, -0.25) is 4.79 Å². The van der Waals surface area contributed by atoms with Crippen molar-refractivity contribution in [3.8, 4) is 0 Å². The van der Waals surface area contributed by atoms with Crippen LogP contribution in [0.15, 0.2) is 6.33 Å². The number of hydrogen-bond donors (Lipinski definition) is 1. The number of fused-ring (bicyclic) bond motifs is 3. The molecule has 0 saturated heterocycles. The second-order valence-corrected chi connectivity index (χ2v) is 5.88. The Hall–Kier alpha value is -1.69. The SMILES string of the molecule is CN(CCC(=O)O)c1ncnc2sc3c(c12)CCC3. The zero-order valence-corrected chi connectivity index (χ0v) is 11.5. The molecule has 0 bridgehead atoms. The van der Waals surface area contributed by atoms with Gasteiger partial charge in [0.25, 0.3) is 0 Å². The number of carboxylic acid groups (broad SMARTS) is 1. The van der Waals surface area contributed by atoms with Crippen molar-refractivity contribution in [1.82, 2.24) is 9.97 Å². The lowest BCUT2D eigenvalue weighted by Gasteiger charge is -2.18. The Bertz CT molecular complexity index is 638. The molecule has 0 radical (unpaired) electrons. The largest absolute Gasteiger partial charge is 0.481 e. The van der Waals surface area contributed by atoms with Crippen LogP contribution in [-0.2, 0) is 17.6 Å². The zero-order valence-electron chi connectivity index (χ0n) is 10.7. The third-order valence-electron chi connectivity index (χ3n) is 3.50. The standard InChI is InChI=1S/C13H15N3O2S/c1-16(6-5-10(17)18)12-11-8-3-2-4-9(8)19-13(11)15-7-14-12/h7H,2-6H2,1H3,(H,17,18). The van der Waals surface area contributed by atoms with Crippen molar-refractivity contribution < 1.29 is 9.90 Å². The summed E-state index contributed by atoms with van der Waals surface area (Å²) in [6.07, 6.45) is 5.11. The molecule has 1 aliphatic rings. The van der Waals surface area contributed by atoms with Crippen LogP contribution in [0.2, 0.25) is 0 Å². The second kappa shape index (κ2) is 4.77. The first-order chi connectivity index (χ1) is 9.16. The Balaban J connectivity index is 2.01. The van der Waals surface area contributed by atoms with E-state index in [-0.39, 0.29) is 6.42 Å². The lowest BCUT2D eigenvalue weighted by molar-refractivity contribution is -0.136. The van der Waals surface area contributed by atoms with Crippen LogP contribution in [0.4, 0.5) is 5.82 Å². The summed E-state index contributed by atoms with van der Waals surface area (Å²) in [7, 11) is 1.89. The molecule has 19 heavy (non-hydrogen) atoms. The van der Waals surface area contributed by atoms with Crippen LogP contribution in [0.1, 0.15) is 23.3 Å². The summed E-state index contributed by atoms with van der Waals surface area (Å²) in [6, 6.07) is 0. The Morgan fingerprint density at radius 2 is 2.32 bits per heavy atom. The highest BCUT2D eigenvalue weighted by Crippen LogP contribution is 2.39. The van der Waals surface area contributed by atoms with Crippen LogP contribution < -0.4 is 4.90 Å². The molecule has 1 aliphatic carbocycles. The van der Waals surface area contributed by atoms with Crippen molar-refractivity contribution in [3.05, 3.63) is 16.8 Å². The van der Waals surface area contributed by atoms with Crippen LogP contribution in [0.5, 0.6) is 0 Å². The molecule has 5 nitrogen and oxygen atoms in total. The maximum absolute atomic E-state index is 10.7. The summed E-state index contributed by atoms with van der Waals surface area (Å²) in [4.78, 5) is 23.8.